The standard InChI is InChI=1S/C31H35F3N6O4/c1-2-38-28-24(26(30(43)39-13-5-10-22(39)17-35)37-40(28)21-11-14-44-15-12-21)23(18-6-3-7-18)25(29(38)42)36-27(41)19-8-4-9-20(16-19)31(32,33)34/h4,8-9,16,18,21-23,25H,2-3,5-7,10-15H2,1H3,(H,36,41)/t22-,23-,25-/m0/s1. The van der Waals surface area contributed by atoms with E-state index in [0.717, 1.165) is 37.5 Å². The second kappa shape index (κ2) is 11.9. The molecule has 0 unspecified atom stereocenters. The monoisotopic (exact) mass is 612 g/mol. The number of likely N-dealkylation sites (tertiary alicyclic amines) is 1. The Hall–Kier alpha value is -3.92. The molecule has 1 N–H and O–H groups in total. The first-order valence-corrected chi connectivity index (χ1v) is 15.3. The summed E-state index contributed by atoms with van der Waals surface area (Å²) in [6, 6.07) is 4.51. The van der Waals surface area contributed by atoms with Gasteiger partial charge in [0.25, 0.3) is 17.7 Å². The summed E-state index contributed by atoms with van der Waals surface area (Å²) < 4.78 is 47.6. The molecule has 3 aliphatic heterocycles. The molecule has 3 fully saturated rings. The average molecular weight is 613 g/mol. The number of hydrogen-bond donors (Lipinski definition) is 1. The maximum atomic E-state index is 14.3. The van der Waals surface area contributed by atoms with Gasteiger partial charge in [0.05, 0.1) is 17.7 Å². The third-order valence-corrected chi connectivity index (χ3v) is 9.52. The van der Waals surface area contributed by atoms with Crippen LogP contribution in [0.3, 0.4) is 0 Å². The number of halogens is 3. The van der Waals surface area contributed by atoms with Gasteiger partial charge in [-0.1, -0.05) is 12.5 Å². The molecule has 4 heterocycles. The molecule has 1 aromatic heterocycles. The van der Waals surface area contributed by atoms with Crippen molar-refractivity contribution in [3.05, 3.63) is 46.6 Å². The number of fused-ring (bicyclic) bond motifs is 1. The molecule has 6 rings (SSSR count). The number of rotatable bonds is 6. The number of carbonyl (C=O) groups excluding carboxylic acids is 3. The minimum absolute atomic E-state index is 0.0484. The number of alkyl halides is 3. The summed E-state index contributed by atoms with van der Waals surface area (Å²) in [5.41, 5.74) is -0.422. The number of nitriles is 1. The first-order valence-electron chi connectivity index (χ1n) is 15.3. The van der Waals surface area contributed by atoms with Crippen molar-refractivity contribution in [3.63, 3.8) is 0 Å². The van der Waals surface area contributed by atoms with Crippen LogP contribution >= 0.6 is 0 Å². The van der Waals surface area contributed by atoms with Crippen LogP contribution in [0.25, 0.3) is 0 Å². The van der Waals surface area contributed by atoms with Crippen molar-refractivity contribution < 1.29 is 32.3 Å². The van der Waals surface area contributed by atoms with Crippen LogP contribution in [0.1, 0.15) is 95.8 Å². The third-order valence-electron chi connectivity index (χ3n) is 9.52. The van der Waals surface area contributed by atoms with Crippen molar-refractivity contribution in [1.29, 1.82) is 5.26 Å². The Bertz CT molecular complexity index is 1490. The summed E-state index contributed by atoms with van der Waals surface area (Å²) in [6.07, 6.45) is 0.338. The molecule has 1 aromatic carbocycles. The number of nitrogens with one attached hydrogen (secondary N) is 1. The molecule has 13 heteroatoms. The summed E-state index contributed by atoms with van der Waals surface area (Å²) in [4.78, 5) is 45.0. The number of aromatic nitrogens is 2. The fourth-order valence-electron chi connectivity index (χ4n) is 7.05. The SMILES string of the molecule is CCN1C(=O)[C@@H](NC(=O)c2cccc(C(F)(F)F)c2)[C@@H](C2CCC2)c2c(C(=O)N3CCC[C@H]3C#N)nn(C3CCOCC3)c21. The van der Waals surface area contributed by atoms with E-state index in [0.29, 0.717) is 56.8 Å². The van der Waals surface area contributed by atoms with E-state index in [1.54, 1.807) is 11.6 Å². The third kappa shape index (κ3) is 5.23. The zero-order valence-corrected chi connectivity index (χ0v) is 24.5. The lowest BCUT2D eigenvalue weighted by molar-refractivity contribution is -0.137. The first kappa shape index (κ1) is 30.1. The summed E-state index contributed by atoms with van der Waals surface area (Å²) in [5, 5.41) is 17.4. The number of carbonyl (C=O) groups is 3. The van der Waals surface area contributed by atoms with Crippen molar-refractivity contribution in [2.75, 3.05) is 31.2 Å². The number of hydrogen-bond acceptors (Lipinski definition) is 6. The molecule has 2 aromatic rings. The highest BCUT2D eigenvalue weighted by Gasteiger charge is 2.51. The van der Waals surface area contributed by atoms with Gasteiger partial charge >= 0.3 is 6.18 Å². The predicted molar refractivity (Wildman–Crippen MR) is 152 cm³/mol. The van der Waals surface area contributed by atoms with Crippen molar-refractivity contribution in [3.8, 4) is 6.07 Å². The molecule has 0 bridgehead atoms. The number of anilines is 1. The summed E-state index contributed by atoms with van der Waals surface area (Å²) in [5.74, 6) is -1.70. The van der Waals surface area contributed by atoms with E-state index >= 15 is 0 Å². The molecule has 0 spiro atoms. The van der Waals surface area contributed by atoms with Gasteiger partial charge in [0.1, 0.15) is 17.9 Å². The number of amides is 3. The van der Waals surface area contributed by atoms with Crippen molar-refractivity contribution in [2.45, 2.75) is 82.1 Å². The molecule has 10 nitrogen and oxygen atoms in total. The minimum Gasteiger partial charge on any atom is -0.381 e. The van der Waals surface area contributed by atoms with E-state index in [1.165, 1.54) is 15.9 Å². The van der Waals surface area contributed by atoms with Gasteiger partial charge in [-0.05, 0) is 69.6 Å². The number of benzene rings is 1. The van der Waals surface area contributed by atoms with Crippen LogP contribution in [0.5, 0.6) is 0 Å². The lowest BCUT2D eigenvalue weighted by Gasteiger charge is -2.44. The second-order valence-electron chi connectivity index (χ2n) is 12.0. The van der Waals surface area contributed by atoms with E-state index in [1.807, 2.05) is 0 Å². The van der Waals surface area contributed by atoms with Crippen LogP contribution in [0.4, 0.5) is 19.0 Å². The first-order chi connectivity index (χ1) is 21.1. The van der Waals surface area contributed by atoms with Crippen LogP contribution in [0.2, 0.25) is 0 Å². The summed E-state index contributed by atoms with van der Waals surface area (Å²) in [7, 11) is 0. The van der Waals surface area contributed by atoms with E-state index in [-0.39, 0.29) is 41.6 Å². The second-order valence-corrected chi connectivity index (χ2v) is 12.0. The normalized spacial score (nSPS) is 24.5. The highest BCUT2D eigenvalue weighted by atomic mass is 19.4. The predicted octanol–water partition coefficient (Wildman–Crippen LogP) is 4.43. The number of likely N-dealkylation sites (N-methyl/N-ethyl adjacent to an activating group) is 1. The van der Waals surface area contributed by atoms with E-state index in [4.69, 9.17) is 9.84 Å². The van der Waals surface area contributed by atoms with Crippen LogP contribution < -0.4 is 10.2 Å². The van der Waals surface area contributed by atoms with Gasteiger partial charge in [0.2, 0.25) is 0 Å². The minimum atomic E-state index is -4.63. The molecule has 1 aliphatic carbocycles. The Labute approximate surface area is 253 Å². The van der Waals surface area contributed by atoms with Gasteiger partial charge in [-0.25, -0.2) is 4.68 Å². The fraction of sp³-hybridized carbons (Fsp3) is 0.581. The molecule has 4 aliphatic rings. The molecular weight excluding hydrogens is 577 g/mol. The molecule has 3 atom stereocenters. The van der Waals surface area contributed by atoms with Crippen LogP contribution in [0.15, 0.2) is 24.3 Å². The van der Waals surface area contributed by atoms with E-state index in [2.05, 4.69) is 11.4 Å². The molecule has 234 valence electrons. The van der Waals surface area contributed by atoms with Gasteiger partial charge in [-0.3, -0.25) is 19.3 Å². The Kier molecular flexibility index (Phi) is 8.13. The van der Waals surface area contributed by atoms with Gasteiger partial charge in [0, 0.05) is 43.3 Å². The largest absolute Gasteiger partial charge is 0.416 e. The lowest BCUT2D eigenvalue weighted by atomic mass is 9.68. The Morgan fingerprint density at radius 1 is 1.14 bits per heavy atom. The highest BCUT2D eigenvalue weighted by Crippen LogP contribution is 2.50. The van der Waals surface area contributed by atoms with Gasteiger partial charge in [-0.15, -0.1) is 0 Å². The topological polar surface area (TPSA) is 121 Å². The van der Waals surface area contributed by atoms with Crippen molar-refractivity contribution >= 4 is 23.5 Å². The Morgan fingerprint density at radius 3 is 2.52 bits per heavy atom. The maximum Gasteiger partial charge on any atom is 0.416 e. The van der Waals surface area contributed by atoms with Crippen molar-refractivity contribution in [2.24, 2.45) is 5.92 Å². The quantitative estimate of drug-likeness (QED) is 0.516. The highest BCUT2D eigenvalue weighted by molar-refractivity contribution is 6.07. The van der Waals surface area contributed by atoms with Gasteiger partial charge in [0.15, 0.2) is 5.69 Å². The van der Waals surface area contributed by atoms with Crippen LogP contribution in [-0.2, 0) is 15.7 Å². The number of nitrogens with zero attached hydrogens (tertiary/aromatic N) is 5. The summed E-state index contributed by atoms with van der Waals surface area (Å²) in [6.45, 7) is 3.45. The average Bonchev–Trinajstić information content (AvgIpc) is 3.63. The zero-order valence-electron chi connectivity index (χ0n) is 24.5. The smallest absolute Gasteiger partial charge is 0.381 e. The molecule has 0 radical (unpaired) electrons. The molecular formula is C31H35F3N6O4. The van der Waals surface area contributed by atoms with Gasteiger partial charge < -0.3 is 15.0 Å². The van der Waals surface area contributed by atoms with Crippen LogP contribution in [-0.4, -0.2) is 70.8 Å². The Balaban J connectivity index is 1.47. The molecule has 1 saturated carbocycles. The maximum absolute atomic E-state index is 14.3. The van der Waals surface area contributed by atoms with Gasteiger partial charge in [-0.2, -0.15) is 23.5 Å². The zero-order chi connectivity index (χ0) is 31.2. The van der Waals surface area contributed by atoms with E-state index < -0.39 is 35.6 Å². The fourth-order valence-corrected chi connectivity index (χ4v) is 7.05. The molecule has 44 heavy (non-hydrogen) atoms. The molecule has 3 amide bonds. The summed E-state index contributed by atoms with van der Waals surface area (Å²) >= 11 is 0. The molecule has 2 saturated heterocycles. The number of ether oxygens (including phenoxy) is 1. The van der Waals surface area contributed by atoms with E-state index in [9.17, 15) is 32.8 Å². The Morgan fingerprint density at radius 2 is 1.89 bits per heavy atom. The van der Waals surface area contributed by atoms with Crippen LogP contribution in [0, 0.1) is 17.2 Å². The van der Waals surface area contributed by atoms with Crippen molar-refractivity contribution in [1.82, 2.24) is 20.0 Å². The lowest BCUT2D eigenvalue weighted by Crippen LogP contribution is -2.57.